The van der Waals surface area contributed by atoms with E-state index >= 15 is 0 Å². The van der Waals surface area contributed by atoms with Crippen LogP contribution in [0.3, 0.4) is 0 Å². The monoisotopic (exact) mass is 948 g/mol. The fourth-order valence-electron chi connectivity index (χ4n) is 9.94. The van der Waals surface area contributed by atoms with Gasteiger partial charge in [-0.3, -0.25) is 9.59 Å². The molecule has 0 aliphatic carbocycles. The number of amides is 1. The van der Waals surface area contributed by atoms with E-state index in [1.54, 1.807) is 0 Å². The fourth-order valence-corrected chi connectivity index (χ4v) is 9.94. The summed E-state index contributed by atoms with van der Waals surface area (Å²) in [4.78, 5) is 24.6. The number of ether oxygens (including phenoxy) is 1. The first-order valence-electron chi connectivity index (χ1n) is 30.8. The predicted molar refractivity (Wildman–Crippen MR) is 292 cm³/mol. The molecule has 1 amide bonds. The van der Waals surface area contributed by atoms with Crippen molar-refractivity contribution in [3.63, 3.8) is 0 Å². The molecule has 0 radical (unpaired) electrons. The number of nitrogens with one attached hydrogen (secondary N) is 1. The van der Waals surface area contributed by atoms with Crippen LogP contribution in [0.15, 0.2) is 0 Å². The summed E-state index contributed by atoms with van der Waals surface area (Å²) >= 11 is 0. The molecule has 0 aromatic heterocycles. The van der Waals surface area contributed by atoms with Gasteiger partial charge in [0, 0.05) is 12.8 Å². The van der Waals surface area contributed by atoms with Crippen LogP contribution in [0.4, 0.5) is 0 Å². The Bertz CT molecular complexity index is 959. The van der Waals surface area contributed by atoms with Crippen LogP contribution in [-0.4, -0.2) is 47.4 Å². The lowest BCUT2D eigenvalue weighted by Gasteiger charge is -2.22. The average molecular weight is 949 g/mol. The van der Waals surface area contributed by atoms with Crippen molar-refractivity contribution in [3.05, 3.63) is 0 Å². The van der Waals surface area contributed by atoms with Gasteiger partial charge in [0.2, 0.25) is 5.91 Å². The molecule has 0 aliphatic rings. The Morgan fingerprint density at radius 1 is 0.358 bits per heavy atom. The van der Waals surface area contributed by atoms with Crippen molar-refractivity contribution in [1.29, 1.82) is 0 Å². The van der Waals surface area contributed by atoms with Crippen LogP contribution in [-0.2, 0) is 14.3 Å². The number of hydrogen-bond acceptors (Lipinski definition) is 5. The SMILES string of the molecule is CCCCCCCCCCCCCCCCCCCCCCCCCC(O)C(CO)NC(=O)CCCCCCCCCCCCCOC(=O)CCCCCCCCCCCCCCCCCC. The topological polar surface area (TPSA) is 95.9 Å². The van der Waals surface area contributed by atoms with Crippen molar-refractivity contribution < 1.29 is 24.5 Å². The lowest BCUT2D eigenvalue weighted by molar-refractivity contribution is -0.143. The highest BCUT2D eigenvalue weighted by Crippen LogP contribution is 2.18. The van der Waals surface area contributed by atoms with E-state index in [1.807, 2.05) is 0 Å². The smallest absolute Gasteiger partial charge is 0.305 e. The minimum absolute atomic E-state index is 0.00842. The molecule has 0 aromatic rings. The first-order chi connectivity index (χ1) is 33.0. The molecule has 0 saturated carbocycles. The molecule has 0 saturated heterocycles. The summed E-state index contributed by atoms with van der Waals surface area (Å²) in [5.74, 6) is -0.0569. The Morgan fingerprint density at radius 3 is 0.910 bits per heavy atom. The summed E-state index contributed by atoms with van der Waals surface area (Å²) in [7, 11) is 0. The van der Waals surface area contributed by atoms with Gasteiger partial charge in [-0.05, 0) is 25.7 Å². The van der Waals surface area contributed by atoms with Crippen molar-refractivity contribution >= 4 is 11.9 Å². The van der Waals surface area contributed by atoms with Gasteiger partial charge >= 0.3 is 5.97 Å². The maximum atomic E-state index is 12.5. The largest absolute Gasteiger partial charge is 0.466 e. The molecule has 2 unspecified atom stereocenters. The zero-order valence-electron chi connectivity index (χ0n) is 45.7. The highest BCUT2D eigenvalue weighted by atomic mass is 16.5. The van der Waals surface area contributed by atoms with Crippen LogP contribution in [0, 0.1) is 0 Å². The second-order valence-electron chi connectivity index (χ2n) is 21.4. The predicted octanol–water partition coefficient (Wildman–Crippen LogP) is 19.1. The van der Waals surface area contributed by atoms with Crippen LogP contribution in [0.2, 0.25) is 0 Å². The van der Waals surface area contributed by atoms with Crippen LogP contribution in [0.1, 0.15) is 354 Å². The number of aliphatic hydroxyl groups is 2. The Hall–Kier alpha value is -1.14. The highest BCUT2D eigenvalue weighted by Gasteiger charge is 2.20. The maximum Gasteiger partial charge on any atom is 0.305 e. The number of rotatable bonds is 58. The fraction of sp³-hybridized carbons (Fsp3) is 0.967. The molecule has 6 nitrogen and oxygen atoms in total. The normalized spacial score (nSPS) is 12.5. The van der Waals surface area contributed by atoms with Crippen molar-refractivity contribution in [2.45, 2.75) is 366 Å². The van der Waals surface area contributed by atoms with Crippen LogP contribution in [0.5, 0.6) is 0 Å². The van der Waals surface area contributed by atoms with Gasteiger partial charge in [-0.1, -0.05) is 316 Å². The molecule has 0 heterocycles. The summed E-state index contributed by atoms with van der Waals surface area (Å²) in [6.07, 6.45) is 66.7. The second-order valence-corrected chi connectivity index (χ2v) is 21.4. The number of aliphatic hydroxyl groups excluding tert-OH is 2. The first-order valence-corrected chi connectivity index (χ1v) is 30.8. The van der Waals surface area contributed by atoms with Gasteiger partial charge in [0.15, 0.2) is 0 Å². The molecule has 400 valence electrons. The molecule has 0 aromatic carbocycles. The molecule has 0 fully saturated rings. The maximum absolute atomic E-state index is 12.5. The van der Waals surface area contributed by atoms with Crippen molar-refractivity contribution in [1.82, 2.24) is 5.32 Å². The van der Waals surface area contributed by atoms with Crippen molar-refractivity contribution in [3.8, 4) is 0 Å². The van der Waals surface area contributed by atoms with Gasteiger partial charge in [-0.2, -0.15) is 0 Å². The van der Waals surface area contributed by atoms with E-state index in [2.05, 4.69) is 19.2 Å². The van der Waals surface area contributed by atoms with Gasteiger partial charge < -0.3 is 20.3 Å². The van der Waals surface area contributed by atoms with E-state index < -0.39 is 12.1 Å². The number of unbranched alkanes of at least 4 members (excludes halogenated alkanes) is 47. The van der Waals surface area contributed by atoms with E-state index in [1.165, 1.54) is 263 Å². The van der Waals surface area contributed by atoms with E-state index in [4.69, 9.17) is 4.74 Å². The molecule has 6 heteroatoms. The second kappa shape index (κ2) is 57.4. The Labute approximate surface area is 419 Å². The molecule has 0 rings (SSSR count). The lowest BCUT2D eigenvalue weighted by Crippen LogP contribution is -2.45. The highest BCUT2D eigenvalue weighted by molar-refractivity contribution is 5.76. The molecule has 0 spiro atoms. The summed E-state index contributed by atoms with van der Waals surface area (Å²) in [5, 5.41) is 23.4. The molecule has 0 bridgehead atoms. The molecule has 2 atom stereocenters. The number of hydrogen-bond donors (Lipinski definition) is 3. The minimum Gasteiger partial charge on any atom is -0.466 e. The van der Waals surface area contributed by atoms with Gasteiger partial charge in [0.25, 0.3) is 0 Å². The van der Waals surface area contributed by atoms with E-state index in [0.29, 0.717) is 25.9 Å². The van der Waals surface area contributed by atoms with Gasteiger partial charge in [0.05, 0.1) is 25.4 Å². The average Bonchev–Trinajstić information content (AvgIpc) is 3.33. The van der Waals surface area contributed by atoms with Gasteiger partial charge in [-0.15, -0.1) is 0 Å². The summed E-state index contributed by atoms with van der Waals surface area (Å²) in [5.41, 5.74) is 0. The van der Waals surface area contributed by atoms with Crippen LogP contribution < -0.4 is 5.32 Å². The van der Waals surface area contributed by atoms with Crippen LogP contribution in [0.25, 0.3) is 0 Å². The standard InChI is InChI=1S/C61H121NO5/c1-3-5-7-9-11-13-15-17-19-21-22-23-24-25-26-27-28-30-33-37-41-45-49-53-59(64)58(57-63)62-60(65)54-50-46-42-38-34-32-36-40-44-48-52-56-67-61(66)55-51-47-43-39-35-31-29-20-18-16-14-12-10-8-6-4-2/h58-59,63-64H,3-57H2,1-2H3,(H,62,65). The Morgan fingerprint density at radius 2 is 0.612 bits per heavy atom. The van der Waals surface area contributed by atoms with E-state index in [0.717, 1.165) is 57.8 Å². The first kappa shape index (κ1) is 65.9. The third-order valence-electron chi connectivity index (χ3n) is 14.7. The number of carbonyl (C=O) groups excluding carboxylic acids is 2. The van der Waals surface area contributed by atoms with Crippen molar-refractivity contribution in [2.24, 2.45) is 0 Å². The zero-order valence-corrected chi connectivity index (χ0v) is 45.7. The lowest BCUT2D eigenvalue weighted by atomic mass is 10.0. The number of esters is 1. The Balaban J connectivity index is 3.43. The third kappa shape index (κ3) is 54.0. The Kier molecular flexibility index (Phi) is 56.5. The molecular formula is C61H121NO5. The minimum atomic E-state index is -0.676. The van der Waals surface area contributed by atoms with Crippen molar-refractivity contribution in [2.75, 3.05) is 13.2 Å². The van der Waals surface area contributed by atoms with Crippen LogP contribution >= 0.6 is 0 Å². The quantitative estimate of drug-likeness (QED) is 0.0417. The van der Waals surface area contributed by atoms with Gasteiger partial charge in [-0.25, -0.2) is 0 Å². The van der Waals surface area contributed by atoms with E-state index in [9.17, 15) is 19.8 Å². The molecule has 3 N–H and O–H groups in total. The summed E-state index contributed by atoms with van der Waals surface area (Å²) < 4.78 is 5.48. The number of carbonyl (C=O) groups is 2. The van der Waals surface area contributed by atoms with Gasteiger partial charge in [0.1, 0.15) is 0 Å². The molecule has 0 aliphatic heterocycles. The summed E-state index contributed by atoms with van der Waals surface area (Å²) in [6, 6.07) is -0.555. The third-order valence-corrected chi connectivity index (χ3v) is 14.7. The molecule has 67 heavy (non-hydrogen) atoms. The zero-order chi connectivity index (χ0) is 48.6. The van der Waals surface area contributed by atoms with E-state index in [-0.39, 0.29) is 18.5 Å². The molecular weight excluding hydrogens is 827 g/mol. The summed E-state index contributed by atoms with van der Waals surface area (Å²) in [6.45, 7) is 4.95.